The van der Waals surface area contributed by atoms with Crippen LogP contribution in [0.3, 0.4) is 0 Å². The van der Waals surface area contributed by atoms with Crippen molar-refractivity contribution in [1.29, 1.82) is 0 Å². The minimum atomic E-state index is -3.98. The molecule has 0 bridgehead atoms. The molecular formula is C15H11NO4S. The van der Waals surface area contributed by atoms with E-state index in [1.54, 1.807) is 42.5 Å². The van der Waals surface area contributed by atoms with Crippen LogP contribution in [0.4, 0.5) is 0 Å². The number of nitrogens with zero attached hydrogens (tertiary/aromatic N) is 1. The molecule has 0 aromatic heterocycles. The van der Waals surface area contributed by atoms with E-state index in [0.717, 1.165) is 0 Å². The van der Waals surface area contributed by atoms with Crippen molar-refractivity contribution in [2.24, 2.45) is 4.40 Å². The number of cyclic esters (lactones) is 1. The lowest BCUT2D eigenvalue weighted by molar-refractivity contribution is 0.0508. The number of benzene rings is 2. The molecule has 0 amide bonds. The predicted octanol–water partition coefficient (Wildman–Crippen LogP) is 2.30. The Kier molecular flexibility index (Phi) is 3.31. The summed E-state index contributed by atoms with van der Waals surface area (Å²) in [6.07, 6.45) is 1.24. The molecule has 1 atom stereocenters. The quantitative estimate of drug-likeness (QED) is 0.644. The molecule has 106 valence electrons. The van der Waals surface area contributed by atoms with Crippen LogP contribution in [0.2, 0.25) is 0 Å². The fraction of sp³-hybridized carbons (Fsp3) is 0.0667. The van der Waals surface area contributed by atoms with Crippen molar-refractivity contribution < 1.29 is 17.9 Å². The van der Waals surface area contributed by atoms with E-state index >= 15 is 0 Å². The highest BCUT2D eigenvalue weighted by Crippen LogP contribution is 2.35. The summed E-state index contributed by atoms with van der Waals surface area (Å²) < 4.78 is 33.0. The average Bonchev–Trinajstić information content (AvgIpc) is 2.85. The summed E-state index contributed by atoms with van der Waals surface area (Å²) in [5.41, 5.74) is -0.131. The van der Waals surface area contributed by atoms with Crippen LogP contribution in [0.5, 0.6) is 0 Å². The summed E-state index contributed by atoms with van der Waals surface area (Å²) in [6.45, 7) is 0. The molecule has 21 heavy (non-hydrogen) atoms. The van der Waals surface area contributed by atoms with Gasteiger partial charge in [-0.1, -0.05) is 48.5 Å². The van der Waals surface area contributed by atoms with Gasteiger partial charge in [0.1, 0.15) is 0 Å². The van der Waals surface area contributed by atoms with Gasteiger partial charge in [0.25, 0.3) is 10.0 Å². The molecule has 0 N–H and O–H groups in total. The van der Waals surface area contributed by atoms with Crippen LogP contribution in [0.15, 0.2) is 59.0 Å². The average molecular weight is 301 g/mol. The number of carbonyl (C=O) groups is 1. The Morgan fingerprint density at radius 2 is 1.67 bits per heavy atom. The number of carbonyl (C=O) groups excluding carboxylic acids is 1. The van der Waals surface area contributed by atoms with Gasteiger partial charge in [0.05, 0.1) is 5.56 Å². The molecule has 0 spiro atoms. The Hall–Kier alpha value is -2.47. The second kappa shape index (κ2) is 5.14. The maximum atomic E-state index is 12.2. The second-order valence-electron chi connectivity index (χ2n) is 4.48. The van der Waals surface area contributed by atoms with E-state index in [2.05, 4.69) is 4.40 Å². The van der Waals surface area contributed by atoms with E-state index in [4.69, 9.17) is 4.74 Å². The van der Waals surface area contributed by atoms with Crippen molar-refractivity contribution in [3.8, 4) is 0 Å². The summed E-state index contributed by atoms with van der Waals surface area (Å²) in [6, 6.07) is 15.2. The summed E-state index contributed by atoms with van der Waals surface area (Å²) in [5.74, 6) is -0.644. The van der Waals surface area contributed by atoms with Crippen molar-refractivity contribution >= 4 is 22.2 Å². The highest BCUT2D eigenvalue weighted by molar-refractivity contribution is 7.90. The normalized spacial score (nSPS) is 17.7. The summed E-state index contributed by atoms with van der Waals surface area (Å²) in [4.78, 5) is 11.7. The van der Waals surface area contributed by atoms with Crippen molar-refractivity contribution in [3.63, 3.8) is 0 Å². The predicted molar refractivity (Wildman–Crippen MR) is 77.6 cm³/mol. The van der Waals surface area contributed by atoms with Crippen LogP contribution >= 0.6 is 0 Å². The molecular weight excluding hydrogens is 290 g/mol. The van der Waals surface area contributed by atoms with Gasteiger partial charge in [0.2, 0.25) is 5.44 Å². The van der Waals surface area contributed by atoms with Crippen LogP contribution in [-0.4, -0.2) is 20.6 Å². The zero-order valence-electron chi connectivity index (χ0n) is 10.8. The Morgan fingerprint density at radius 1 is 1.00 bits per heavy atom. The van der Waals surface area contributed by atoms with Gasteiger partial charge >= 0.3 is 5.97 Å². The van der Waals surface area contributed by atoms with Gasteiger partial charge < -0.3 is 4.74 Å². The van der Waals surface area contributed by atoms with E-state index < -0.39 is 21.4 Å². The molecule has 6 heteroatoms. The Bertz CT molecular complexity index is 813. The summed E-state index contributed by atoms with van der Waals surface area (Å²) in [5, 5.41) is 0. The highest BCUT2D eigenvalue weighted by Gasteiger charge is 2.39. The second-order valence-corrected chi connectivity index (χ2v) is 6.15. The van der Waals surface area contributed by atoms with Gasteiger partial charge in [0.15, 0.2) is 0 Å². The molecule has 1 aliphatic rings. The summed E-state index contributed by atoms with van der Waals surface area (Å²) in [7, 11) is -3.98. The number of fused-ring (bicyclic) bond motifs is 1. The molecule has 1 unspecified atom stereocenters. The van der Waals surface area contributed by atoms with Crippen molar-refractivity contribution in [2.75, 3.05) is 0 Å². The van der Waals surface area contributed by atoms with Gasteiger partial charge in [0, 0.05) is 11.8 Å². The number of sulfonamides is 1. The number of ether oxygens (including phenoxy) is 1. The lowest BCUT2D eigenvalue weighted by atomic mass is 10.1. The summed E-state index contributed by atoms with van der Waals surface area (Å²) >= 11 is 0. The highest BCUT2D eigenvalue weighted by atomic mass is 32.2. The number of hydrogen-bond donors (Lipinski definition) is 0. The minimum Gasteiger partial charge on any atom is -0.435 e. The third kappa shape index (κ3) is 2.57. The molecule has 0 radical (unpaired) electrons. The van der Waals surface area contributed by atoms with Crippen LogP contribution in [0.1, 0.15) is 26.9 Å². The zero-order valence-corrected chi connectivity index (χ0v) is 11.7. The van der Waals surface area contributed by atoms with E-state index in [9.17, 15) is 13.2 Å². The molecule has 0 aliphatic carbocycles. The first-order valence-corrected chi connectivity index (χ1v) is 7.72. The van der Waals surface area contributed by atoms with Gasteiger partial charge in [-0.05, 0) is 11.6 Å². The SMILES string of the molecule is O=C1OC(S(=O)(=O)N=Cc2ccccc2)c2ccccc21. The molecule has 2 aromatic carbocycles. The van der Waals surface area contributed by atoms with E-state index in [1.165, 1.54) is 12.3 Å². The lowest BCUT2D eigenvalue weighted by Gasteiger charge is -2.07. The van der Waals surface area contributed by atoms with Crippen LogP contribution in [-0.2, 0) is 14.8 Å². The van der Waals surface area contributed by atoms with E-state index in [0.29, 0.717) is 11.1 Å². The maximum absolute atomic E-state index is 12.2. The van der Waals surface area contributed by atoms with Crippen LogP contribution in [0, 0.1) is 0 Å². The van der Waals surface area contributed by atoms with Gasteiger partial charge in [-0.25, -0.2) is 13.2 Å². The first kappa shape index (κ1) is 13.5. The number of esters is 1. The van der Waals surface area contributed by atoms with Crippen LogP contribution < -0.4 is 0 Å². The molecule has 1 aliphatic heterocycles. The largest absolute Gasteiger partial charge is 0.435 e. The first-order valence-electron chi connectivity index (χ1n) is 6.22. The molecule has 0 saturated heterocycles. The Labute approximate surface area is 122 Å². The molecule has 1 heterocycles. The number of rotatable bonds is 3. The molecule has 0 saturated carbocycles. The lowest BCUT2D eigenvalue weighted by Crippen LogP contribution is -2.11. The molecule has 5 nitrogen and oxygen atoms in total. The molecule has 0 fully saturated rings. The van der Waals surface area contributed by atoms with Gasteiger partial charge in [-0.15, -0.1) is 0 Å². The monoisotopic (exact) mass is 301 g/mol. The Morgan fingerprint density at radius 3 is 2.43 bits per heavy atom. The van der Waals surface area contributed by atoms with Gasteiger partial charge in [-0.2, -0.15) is 4.40 Å². The zero-order chi connectivity index (χ0) is 14.9. The fourth-order valence-corrected chi connectivity index (χ4v) is 3.18. The first-order chi connectivity index (χ1) is 10.1. The fourth-order valence-electron chi connectivity index (χ4n) is 2.06. The third-order valence-electron chi connectivity index (χ3n) is 3.07. The van der Waals surface area contributed by atoms with Crippen LogP contribution in [0.25, 0.3) is 0 Å². The minimum absolute atomic E-state index is 0.265. The number of hydrogen-bond acceptors (Lipinski definition) is 4. The smallest absolute Gasteiger partial charge is 0.340 e. The Balaban J connectivity index is 1.94. The van der Waals surface area contributed by atoms with Crippen molar-refractivity contribution in [1.82, 2.24) is 0 Å². The topological polar surface area (TPSA) is 72.8 Å². The van der Waals surface area contributed by atoms with E-state index in [1.807, 2.05) is 6.07 Å². The molecule has 3 rings (SSSR count). The van der Waals surface area contributed by atoms with Crippen molar-refractivity contribution in [3.05, 3.63) is 71.3 Å². The third-order valence-corrected chi connectivity index (χ3v) is 4.36. The van der Waals surface area contributed by atoms with E-state index in [-0.39, 0.29) is 5.56 Å². The standard InChI is InChI=1S/C15H11NO4S/c17-14-12-8-4-5-9-13(12)15(20-14)21(18,19)16-10-11-6-2-1-3-7-11/h1-10,15H. The molecule has 2 aromatic rings. The van der Waals surface area contributed by atoms with Crippen molar-refractivity contribution in [2.45, 2.75) is 5.44 Å². The van der Waals surface area contributed by atoms with Gasteiger partial charge in [-0.3, -0.25) is 0 Å². The maximum Gasteiger partial charge on any atom is 0.340 e.